The maximum Gasteiger partial charge on any atom is 0.329 e. The Bertz CT molecular complexity index is 528. The van der Waals surface area contributed by atoms with Crippen molar-refractivity contribution in [3.8, 4) is 0 Å². The lowest BCUT2D eigenvalue weighted by atomic mass is 9.91. The Morgan fingerprint density at radius 1 is 1.52 bits per heavy atom. The van der Waals surface area contributed by atoms with Crippen molar-refractivity contribution in [2.45, 2.75) is 44.7 Å². The Labute approximate surface area is 123 Å². The van der Waals surface area contributed by atoms with Crippen LogP contribution in [0.4, 0.5) is 4.79 Å². The number of urea groups is 1. The second-order valence-electron chi connectivity index (χ2n) is 5.48. The zero-order chi connectivity index (χ0) is 15.5. The average molecular weight is 294 g/mol. The summed E-state index contributed by atoms with van der Waals surface area (Å²) in [6, 6.07) is 1.50. The Kier molecular flexibility index (Phi) is 4.50. The van der Waals surface area contributed by atoms with Gasteiger partial charge in [-0.15, -0.1) is 0 Å². The van der Waals surface area contributed by atoms with Crippen LogP contribution in [0.15, 0.2) is 12.3 Å². The van der Waals surface area contributed by atoms with Crippen LogP contribution in [0.1, 0.15) is 38.3 Å². The molecule has 1 atom stereocenters. The number of rotatable bonds is 5. The van der Waals surface area contributed by atoms with E-state index in [1.165, 1.54) is 4.90 Å². The zero-order valence-electron chi connectivity index (χ0n) is 12.5. The third-order valence-electron chi connectivity index (χ3n) is 3.99. The standard InChI is InChI=1S/C14H22N4O3/c1-3-6-14(12(19)20)7-4-8-18(14)13(21)15-10-11-5-9-17(2)16-11/h5,9H,3-4,6-8,10H2,1-2H3,(H,15,21)(H,19,20). The van der Waals surface area contributed by atoms with Gasteiger partial charge in [0.15, 0.2) is 0 Å². The summed E-state index contributed by atoms with van der Waals surface area (Å²) in [7, 11) is 1.81. The molecule has 0 radical (unpaired) electrons. The normalized spacial score (nSPS) is 21.5. The van der Waals surface area contributed by atoms with Gasteiger partial charge in [0.25, 0.3) is 0 Å². The average Bonchev–Trinajstić information content (AvgIpc) is 3.04. The predicted octanol–water partition coefficient (Wildman–Crippen LogP) is 1.35. The van der Waals surface area contributed by atoms with Crippen LogP contribution >= 0.6 is 0 Å². The number of nitrogens with one attached hydrogen (secondary N) is 1. The molecule has 7 nitrogen and oxygen atoms in total. The molecule has 1 aliphatic heterocycles. The van der Waals surface area contributed by atoms with Crippen LogP contribution < -0.4 is 5.32 Å². The highest BCUT2D eigenvalue weighted by atomic mass is 16.4. The van der Waals surface area contributed by atoms with E-state index in [1.54, 1.807) is 10.9 Å². The van der Waals surface area contributed by atoms with Gasteiger partial charge < -0.3 is 15.3 Å². The van der Waals surface area contributed by atoms with Gasteiger partial charge in [-0.05, 0) is 25.3 Å². The zero-order valence-corrected chi connectivity index (χ0v) is 12.5. The molecule has 1 aromatic rings. The number of carboxylic acid groups (broad SMARTS) is 1. The Morgan fingerprint density at radius 3 is 2.86 bits per heavy atom. The number of carboxylic acids is 1. The lowest BCUT2D eigenvalue weighted by Crippen LogP contribution is -2.55. The number of hydrogen-bond donors (Lipinski definition) is 2. The number of hydrogen-bond acceptors (Lipinski definition) is 3. The van der Waals surface area contributed by atoms with Crippen LogP contribution in [-0.2, 0) is 18.4 Å². The number of aryl methyl sites for hydroxylation is 1. The van der Waals surface area contributed by atoms with Gasteiger partial charge in [0.2, 0.25) is 0 Å². The minimum absolute atomic E-state index is 0.304. The van der Waals surface area contributed by atoms with Crippen molar-refractivity contribution in [3.05, 3.63) is 18.0 Å². The first kappa shape index (κ1) is 15.3. The molecular formula is C14H22N4O3. The summed E-state index contributed by atoms with van der Waals surface area (Å²) in [4.78, 5) is 25.5. The highest BCUT2D eigenvalue weighted by Gasteiger charge is 2.49. The number of amides is 2. The molecule has 2 N–H and O–H groups in total. The van der Waals surface area contributed by atoms with E-state index in [0.717, 1.165) is 18.5 Å². The predicted molar refractivity (Wildman–Crippen MR) is 76.7 cm³/mol. The van der Waals surface area contributed by atoms with E-state index in [0.29, 0.717) is 25.9 Å². The summed E-state index contributed by atoms with van der Waals surface area (Å²) in [5, 5.41) is 16.5. The Balaban J connectivity index is 2.04. The molecule has 2 amide bonds. The summed E-state index contributed by atoms with van der Waals surface area (Å²) >= 11 is 0. The molecule has 2 heterocycles. The minimum Gasteiger partial charge on any atom is -0.479 e. The molecule has 1 unspecified atom stereocenters. The highest BCUT2D eigenvalue weighted by molar-refractivity contribution is 5.87. The summed E-state index contributed by atoms with van der Waals surface area (Å²) in [6.07, 6.45) is 4.27. The molecule has 0 bridgehead atoms. The van der Waals surface area contributed by atoms with Crippen molar-refractivity contribution < 1.29 is 14.7 Å². The van der Waals surface area contributed by atoms with Crippen molar-refractivity contribution in [1.29, 1.82) is 0 Å². The van der Waals surface area contributed by atoms with E-state index in [1.807, 2.05) is 20.0 Å². The number of carbonyl (C=O) groups is 2. The Morgan fingerprint density at radius 2 is 2.29 bits per heavy atom. The molecule has 116 valence electrons. The van der Waals surface area contributed by atoms with Gasteiger partial charge >= 0.3 is 12.0 Å². The van der Waals surface area contributed by atoms with Crippen LogP contribution in [0.3, 0.4) is 0 Å². The van der Waals surface area contributed by atoms with Crippen molar-refractivity contribution in [3.63, 3.8) is 0 Å². The lowest BCUT2D eigenvalue weighted by Gasteiger charge is -2.34. The molecule has 0 spiro atoms. The second kappa shape index (κ2) is 6.15. The van der Waals surface area contributed by atoms with E-state index in [2.05, 4.69) is 10.4 Å². The van der Waals surface area contributed by atoms with Crippen LogP contribution in [0.2, 0.25) is 0 Å². The fourth-order valence-corrected chi connectivity index (χ4v) is 3.00. The first-order valence-corrected chi connectivity index (χ1v) is 7.27. The number of nitrogens with zero attached hydrogens (tertiary/aromatic N) is 3. The maximum atomic E-state index is 12.3. The third kappa shape index (κ3) is 3.01. The van der Waals surface area contributed by atoms with Gasteiger partial charge in [0, 0.05) is 19.8 Å². The van der Waals surface area contributed by atoms with Gasteiger partial charge in [0.05, 0.1) is 12.2 Å². The summed E-state index contributed by atoms with van der Waals surface area (Å²) in [5.41, 5.74) is -0.301. The number of carbonyl (C=O) groups excluding carboxylic acids is 1. The number of aliphatic carboxylic acids is 1. The topological polar surface area (TPSA) is 87.5 Å². The van der Waals surface area contributed by atoms with Crippen molar-refractivity contribution >= 4 is 12.0 Å². The first-order valence-electron chi connectivity index (χ1n) is 7.27. The molecule has 0 aliphatic carbocycles. The van der Waals surface area contributed by atoms with E-state index in [4.69, 9.17) is 0 Å². The minimum atomic E-state index is -1.05. The summed E-state index contributed by atoms with van der Waals surface area (Å²) in [5.74, 6) is -0.908. The monoisotopic (exact) mass is 294 g/mol. The van der Waals surface area contributed by atoms with Gasteiger partial charge in [-0.25, -0.2) is 9.59 Å². The molecule has 1 saturated heterocycles. The fourth-order valence-electron chi connectivity index (χ4n) is 3.00. The van der Waals surface area contributed by atoms with Crippen LogP contribution in [0.5, 0.6) is 0 Å². The smallest absolute Gasteiger partial charge is 0.329 e. The quantitative estimate of drug-likeness (QED) is 0.858. The molecule has 1 aromatic heterocycles. The molecule has 0 saturated carbocycles. The maximum absolute atomic E-state index is 12.3. The van der Waals surface area contributed by atoms with Crippen LogP contribution in [-0.4, -0.2) is 43.9 Å². The highest BCUT2D eigenvalue weighted by Crippen LogP contribution is 2.34. The molecule has 1 aliphatic rings. The lowest BCUT2D eigenvalue weighted by molar-refractivity contribution is -0.148. The molecule has 2 rings (SSSR count). The first-order chi connectivity index (χ1) is 9.99. The van der Waals surface area contributed by atoms with Gasteiger partial charge in [-0.2, -0.15) is 5.10 Å². The molecule has 0 aromatic carbocycles. The SMILES string of the molecule is CCCC1(C(=O)O)CCCN1C(=O)NCc1ccn(C)n1. The molecular weight excluding hydrogens is 272 g/mol. The van der Waals surface area contributed by atoms with Crippen molar-refractivity contribution in [2.24, 2.45) is 7.05 Å². The summed E-state index contributed by atoms with van der Waals surface area (Å²) in [6.45, 7) is 2.73. The van der Waals surface area contributed by atoms with Crippen LogP contribution in [0, 0.1) is 0 Å². The fraction of sp³-hybridized carbons (Fsp3) is 0.643. The largest absolute Gasteiger partial charge is 0.479 e. The van der Waals surface area contributed by atoms with E-state index >= 15 is 0 Å². The number of aromatic nitrogens is 2. The third-order valence-corrected chi connectivity index (χ3v) is 3.99. The van der Waals surface area contributed by atoms with Gasteiger partial charge in [-0.3, -0.25) is 4.68 Å². The van der Waals surface area contributed by atoms with E-state index in [9.17, 15) is 14.7 Å². The van der Waals surface area contributed by atoms with Crippen LogP contribution in [0.25, 0.3) is 0 Å². The van der Waals surface area contributed by atoms with E-state index < -0.39 is 11.5 Å². The summed E-state index contributed by atoms with van der Waals surface area (Å²) < 4.78 is 1.66. The Hall–Kier alpha value is -2.05. The van der Waals surface area contributed by atoms with Crippen molar-refractivity contribution in [1.82, 2.24) is 20.0 Å². The molecule has 1 fully saturated rings. The van der Waals surface area contributed by atoms with E-state index in [-0.39, 0.29) is 6.03 Å². The molecule has 21 heavy (non-hydrogen) atoms. The van der Waals surface area contributed by atoms with Gasteiger partial charge in [-0.1, -0.05) is 13.3 Å². The second-order valence-corrected chi connectivity index (χ2v) is 5.48. The number of likely N-dealkylation sites (tertiary alicyclic amines) is 1. The van der Waals surface area contributed by atoms with Gasteiger partial charge in [0.1, 0.15) is 5.54 Å². The van der Waals surface area contributed by atoms with Crippen molar-refractivity contribution in [2.75, 3.05) is 6.54 Å². The molecule has 7 heteroatoms.